The van der Waals surface area contributed by atoms with Gasteiger partial charge >= 0.3 is 6.09 Å². The molecule has 5 rings (SSSR count). The normalized spacial score (nSPS) is 16.5. The van der Waals surface area contributed by atoms with Crippen molar-refractivity contribution in [3.05, 3.63) is 58.9 Å². The highest BCUT2D eigenvalue weighted by molar-refractivity contribution is 5.94. The predicted molar refractivity (Wildman–Crippen MR) is 114 cm³/mol. The van der Waals surface area contributed by atoms with Gasteiger partial charge in [-0.05, 0) is 42.6 Å². The van der Waals surface area contributed by atoms with Crippen molar-refractivity contribution in [2.75, 3.05) is 18.1 Å². The number of H-pyrrole nitrogens is 1. The minimum Gasteiger partial charge on any atom is -0.441 e. The van der Waals surface area contributed by atoms with Crippen molar-refractivity contribution in [1.29, 1.82) is 0 Å². The number of fused-ring (bicyclic) bond motifs is 2. The number of nitrogens with one attached hydrogen (secondary N) is 1. The second kappa shape index (κ2) is 7.00. The number of anilines is 1. The van der Waals surface area contributed by atoms with E-state index in [0.717, 1.165) is 23.0 Å². The smallest absolute Gasteiger partial charge is 0.414 e. The highest BCUT2D eigenvalue weighted by Gasteiger charge is 2.32. The van der Waals surface area contributed by atoms with E-state index in [1.165, 1.54) is 4.90 Å². The number of imidazole rings is 1. The van der Waals surface area contributed by atoms with Crippen molar-refractivity contribution in [1.82, 2.24) is 14.5 Å². The van der Waals surface area contributed by atoms with Crippen molar-refractivity contribution in [2.24, 2.45) is 0 Å². The van der Waals surface area contributed by atoms with Crippen LogP contribution in [0.3, 0.4) is 0 Å². The Bertz CT molecular complexity index is 1340. The quantitative estimate of drug-likeness (QED) is 0.545. The van der Waals surface area contributed by atoms with Gasteiger partial charge in [0.05, 0.1) is 29.9 Å². The molecule has 2 aromatic carbocycles. The third-order valence-corrected chi connectivity index (χ3v) is 5.43. The van der Waals surface area contributed by atoms with Crippen molar-refractivity contribution >= 4 is 33.6 Å². The highest BCUT2D eigenvalue weighted by atomic mass is 16.6. The zero-order valence-corrected chi connectivity index (χ0v) is 16.3. The Morgan fingerprint density at radius 1 is 1.20 bits per heavy atom. The summed E-state index contributed by atoms with van der Waals surface area (Å²) in [6.07, 6.45) is -1.09. The van der Waals surface area contributed by atoms with Crippen LogP contribution in [0.2, 0.25) is 0 Å². The molecule has 2 N–H and O–H groups in total. The number of benzene rings is 2. The van der Waals surface area contributed by atoms with Crippen molar-refractivity contribution in [2.45, 2.75) is 19.6 Å². The second-order valence-electron chi connectivity index (χ2n) is 7.25. The zero-order chi connectivity index (χ0) is 20.8. The van der Waals surface area contributed by atoms with Gasteiger partial charge in [0, 0.05) is 17.6 Å². The molecule has 0 bridgehead atoms. The van der Waals surface area contributed by atoms with E-state index in [2.05, 4.69) is 9.55 Å². The molecule has 1 saturated heterocycles. The molecular formula is C22H20N4O4. The van der Waals surface area contributed by atoms with E-state index in [-0.39, 0.29) is 18.7 Å². The summed E-state index contributed by atoms with van der Waals surface area (Å²) in [6.45, 7) is 2.77. The van der Waals surface area contributed by atoms with Crippen LogP contribution in [0.5, 0.6) is 0 Å². The van der Waals surface area contributed by atoms with E-state index in [4.69, 9.17) is 9.72 Å². The number of aliphatic hydroxyl groups is 1. The van der Waals surface area contributed by atoms with Gasteiger partial charge in [-0.3, -0.25) is 9.69 Å². The molecule has 4 aromatic rings. The zero-order valence-electron chi connectivity index (χ0n) is 16.3. The molecule has 1 unspecified atom stereocenters. The topological polar surface area (TPSA) is 100 Å². The van der Waals surface area contributed by atoms with Crippen LogP contribution in [0.4, 0.5) is 10.5 Å². The maximum atomic E-state index is 12.9. The van der Waals surface area contributed by atoms with Crippen LogP contribution in [-0.4, -0.2) is 45.0 Å². The molecule has 1 aliphatic heterocycles. The average Bonchev–Trinajstić information content (AvgIpc) is 3.33. The summed E-state index contributed by atoms with van der Waals surface area (Å²) < 4.78 is 7.16. The lowest BCUT2D eigenvalue weighted by molar-refractivity contribution is 0.0963. The Balaban J connectivity index is 1.61. The van der Waals surface area contributed by atoms with Gasteiger partial charge in [-0.25, -0.2) is 9.78 Å². The third kappa shape index (κ3) is 2.84. The van der Waals surface area contributed by atoms with E-state index < -0.39 is 12.2 Å². The number of pyridine rings is 1. The van der Waals surface area contributed by atoms with E-state index >= 15 is 0 Å². The molecule has 3 heterocycles. The monoisotopic (exact) mass is 404 g/mol. The molecule has 2 aromatic heterocycles. The molecule has 0 spiro atoms. The van der Waals surface area contributed by atoms with Gasteiger partial charge in [0.25, 0.3) is 5.56 Å². The van der Waals surface area contributed by atoms with Gasteiger partial charge < -0.3 is 19.4 Å². The Kier molecular flexibility index (Phi) is 4.29. The standard InChI is InChI=1S/C22H20N4O4/c1-2-25-19-6-4-3-5-17(19)23-20(25)18-9-13-7-8-14(10-16(13)21(28)24-18)26-11-15(12-27)30-22(26)29/h3-10,15,27H,2,11-12H2,1H3,(H,24,28). The number of aliphatic hydroxyl groups excluding tert-OH is 1. The number of cyclic esters (lactones) is 1. The highest BCUT2D eigenvalue weighted by Crippen LogP contribution is 2.28. The van der Waals surface area contributed by atoms with Gasteiger partial charge in [0.1, 0.15) is 6.10 Å². The number of para-hydroxylation sites is 2. The summed E-state index contributed by atoms with van der Waals surface area (Å²) in [4.78, 5) is 34.0. The Hall–Kier alpha value is -3.65. The fourth-order valence-corrected chi connectivity index (χ4v) is 3.97. The molecule has 0 radical (unpaired) electrons. The Morgan fingerprint density at radius 2 is 2.03 bits per heavy atom. The van der Waals surface area contributed by atoms with Crippen molar-refractivity contribution in [3.63, 3.8) is 0 Å². The summed E-state index contributed by atoms with van der Waals surface area (Å²) in [5.74, 6) is 0.704. The SMILES string of the molecule is CCn1c(-c2cc3ccc(N4CC(CO)OC4=O)cc3c(=O)[nH]2)nc2ccccc21. The lowest BCUT2D eigenvalue weighted by Crippen LogP contribution is -2.25. The molecule has 30 heavy (non-hydrogen) atoms. The van der Waals surface area contributed by atoms with E-state index in [1.807, 2.05) is 43.3 Å². The molecule has 1 aliphatic rings. The molecule has 8 nitrogen and oxygen atoms in total. The first kappa shape index (κ1) is 18.4. The number of hydrogen-bond acceptors (Lipinski definition) is 5. The van der Waals surface area contributed by atoms with Gasteiger partial charge in [-0.15, -0.1) is 0 Å². The number of rotatable bonds is 4. The minimum atomic E-state index is -0.559. The molecule has 1 fully saturated rings. The van der Waals surface area contributed by atoms with E-state index in [0.29, 0.717) is 22.6 Å². The number of hydrogen-bond donors (Lipinski definition) is 2. The summed E-state index contributed by atoms with van der Waals surface area (Å²) >= 11 is 0. The van der Waals surface area contributed by atoms with Crippen LogP contribution >= 0.6 is 0 Å². The molecule has 0 saturated carbocycles. The maximum Gasteiger partial charge on any atom is 0.414 e. The number of aromatic nitrogens is 3. The number of nitrogens with zero attached hydrogens (tertiary/aromatic N) is 3. The fraction of sp³-hybridized carbons (Fsp3) is 0.227. The summed E-state index contributed by atoms with van der Waals surface area (Å²) in [7, 11) is 0. The fourth-order valence-electron chi connectivity index (χ4n) is 3.97. The van der Waals surface area contributed by atoms with Gasteiger partial charge in [0.15, 0.2) is 5.82 Å². The summed E-state index contributed by atoms with van der Waals surface area (Å²) in [6, 6.07) is 15.0. The number of ether oxygens (including phenoxy) is 1. The van der Waals surface area contributed by atoms with E-state index in [1.54, 1.807) is 12.1 Å². The summed E-state index contributed by atoms with van der Waals surface area (Å²) in [5, 5.41) is 10.4. The molecule has 8 heteroatoms. The van der Waals surface area contributed by atoms with Crippen molar-refractivity contribution in [3.8, 4) is 11.5 Å². The molecule has 1 atom stereocenters. The van der Waals surface area contributed by atoms with Crippen LogP contribution in [-0.2, 0) is 11.3 Å². The second-order valence-corrected chi connectivity index (χ2v) is 7.25. The number of aryl methyl sites for hydroxylation is 1. The van der Waals surface area contributed by atoms with Crippen LogP contribution in [0.1, 0.15) is 6.92 Å². The number of aromatic amines is 1. The predicted octanol–water partition coefficient (Wildman–Crippen LogP) is 2.88. The summed E-state index contributed by atoms with van der Waals surface area (Å²) in [5.41, 5.74) is 2.82. The maximum absolute atomic E-state index is 12.9. The van der Waals surface area contributed by atoms with Crippen LogP contribution in [0.25, 0.3) is 33.3 Å². The first-order valence-corrected chi connectivity index (χ1v) is 9.80. The largest absolute Gasteiger partial charge is 0.441 e. The minimum absolute atomic E-state index is 0.238. The first-order chi connectivity index (χ1) is 14.6. The van der Waals surface area contributed by atoms with Crippen LogP contribution in [0.15, 0.2) is 53.3 Å². The van der Waals surface area contributed by atoms with Gasteiger partial charge in [-0.1, -0.05) is 18.2 Å². The van der Waals surface area contributed by atoms with E-state index in [9.17, 15) is 14.7 Å². The molecular weight excluding hydrogens is 384 g/mol. The van der Waals surface area contributed by atoms with Crippen LogP contribution in [0, 0.1) is 0 Å². The molecule has 0 aliphatic carbocycles. The lowest BCUT2D eigenvalue weighted by atomic mass is 10.1. The first-order valence-electron chi connectivity index (χ1n) is 9.80. The number of amides is 1. The van der Waals surface area contributed by atoms with Crippen molar-refractivity contribution < 1.29 is 14.6 Å². The average molecular weight is 404 g/mol. The Labute approximate surface area is 171 Å². The van der Waals surface area contributed by atoms with Gasteiger partial charge in [-0.2, -0.15) is 0 Å². The Morgan fingerprint density at radius 3 is 2.80 bits per heavy atom. The molecule has 1 amide bonds. The molecule has 152 valence electrons. The number of carbonyl (C=O) groups is 1. The third-order valence-electron chi connectivity index (χ3n) is 5.43. The van der Waals surface area contributed by atoms with Crippen LogP contribution < -0.4 is 10.5 Å². The lowest BCUT2D eigenvalue weighted by Gasteiger charge is -2.14. The number of carbonyl (C=O) groups excluding carboxylic acids is 1. The van der Waals surface area contributed by atoms with Gasteiger partial charge in [0.2, 0.25) is 0 Å².